The molecule has 1 unspecified atom stereocenters. The molecule has 1 aliphatic rings. The Hall–Kier alpha value is -1.03. The molecular formula is C10H18N2O2. The normalized spacial score (nSPS) is 20.6. The number of carbonyl (C=O) groups excluding carboxylic acids is 1. The van der Waals surface area contributed by atoms with E-state index < -0.39 is 0 Å². The molecule has 1 atom stereocenters. The summed E-state index contributed by atoms with van der Waals surface area (Å²) in [5, 5.41) is 2.90. The second kappa shape index (κ2) is 5.00. The van der Waals surface area contributed by atoms with Crippen LogP contribution in [0.4, 0.5) is 4.79 Å². The van der Waals surface area contributed by atoms with Gasteiger partial charge in [0, 0.05) is 20.2 Å². The highest BCUT2D eigenvalue weighted by atomic mass is 16.5. The van der Waals surface area contributed by atoms with Gasteiger partial charge in [0.2, 0.25) is 0 Å². The zero-order chi connectivity index (χ0) is 10.6. The Kier molecular flexibility index (Phi) is 3.95. The van der Waals surface area contributed by atoms with Crippen LogP contribution in [-0.4, -0.2) is 43.8 Å². The molecule has 1 saturated heterocycles. The van der Waals surface area contributed by atoms with Gasteiger partial charge in [0.05, 0.1) is 12.6 Å². The van der Waals surface area contributed by atoms with Crippen molar-refractivity contribution in [1.29, 1.82) is 0 Å². The van der Waals surface area contributed by atoms with Gasteiger partial charge in [-0.05, 0) is 13.3 Å². The summed E-state index contributed by atoms with van der Waals surface area (Å²) < 4.78 is 5.17. The lowest BCUT2D eigenvalue weighted by Crippen LogP contribution is -2.43. The summed E-state index contributed by atoms with van der Waals surface area (Å²) in [6, 6.07) is 0.124. The SMILES string of the molecule is C=C(C)CN(C)C(=O)NC1CCOC1. The molecule has 80 valence electrons. The Balaban J connectivity index is 2.29. The molecule has 0 aromatic heterocycles. The van der Waals surface area contributed by atoms with Crippen molar-refractivity contribution in [2.45, 2.75) is 19.4 Å². The highest BCUT2D eigenvalue weighted by Crippen LogP contribution is 2.04. The third-order valence-electron chi connectivity index (χ3n) is 2.11. The van der Waals surface area contributed by atoms with Gasteiger partial charge in [0.15, 0.2) is 0 Å². The van der Waals surface area contributed by atoms with Gasteiger partial charge in [0.25, 0.3) is 0 Å². The van der Waals surface area contributed by atoms with Crippen LogP contribution in [0, 0.1) is 0 Å². The predicted octanol–water partition coefficient (Wildman–Crippen LogP) is 0.993. The van der Waals surface area contributed by atoms with Gasteiger partial charge >= 0.3 is 6.03 Å². The average Bonchev–Trinajstić information content (AvgIpc) is 2.55. The van der Waals surface area contributed by atoms with E-state index in [4.69, 9.17) is 4.74 Å². The van der Waals surface area contributed by atoms with Crippen molar-refractivity contribution in [2.75, 3.05) is 26.8 Å². The Morgan fingerprint density at radius 3 is 2.93 bits per heavy atom. The van der Waals surface area contributed by atoms with E-state index in [0.29, 0.717) is 13.2 Å². The Bertz CT molecular complexity index is 222. The molecule has 4 heteroatoms. The van der Waals surface area contributed by atoms with E-state index in [-0.39, 0.29) is 12.1 Å². The van der Waals surface area contributed by atoms with E-state index in [1.807, 2.05) is 6.92 Å². The Labute approximate surface area is 84.9 Å². The molecule has 0 bridgehead atoms. The van der Waals surface area contributed by atoms with E-state index in [0.717, 1.165) is 18.6 Å². The minimum atomic E-state index is -0.0523. The number of hydrogen-bond donors (Lipinski definition) is 1. The van der Waals surface area contributed by atoms with Gasteiger partial charge in [0.1, 0.15) is 0 Å². The third-order valence-corrected chi connectivity index (χ3v) is 2.11. The van der Waals surface area contributed by atoms with Crippen molar-refractivity contribution in [2.24, 2.45) is 0 Å². The smallest absolute Gasteiger partial charge is 0.317 e. The molecule has 0 aliphatic carbocycles. The summed E-state index contributed by atoms with van der Waals surface area (Å²) in [4.78, 5) is 13.2. The third kappa shape index (κ3) is 3.38. The molecule has 4 nitrogen and oxygen atoms in total. The van der Waals surface area contributed by atoms with E-state index >= 15 is 0 Å². The van der Waals surface area contributed by atoms with Crippen LogP contribution in [0.2, 0.25) is 0 Å². The van der Waals surface area contributed by atoms with Crippen LogP contribution in [0.3, 0.4) is 0 Å². The first-order valence-electron chi connectivity index (χ1n) is 4.83. The average molecular weight is 198 g/mol. The van der Waals surface area contributed by atoms with Gasteiger partial charge in [-0.1, -0.05) is 12.2 Å². The van der Waals surface area contributed by atoms with Crippen molar-refractivity contribution in [3.05, 3.63) is 12.2 Å². The second-order valence-corrected chi connectivity index (χ2v) is 3.82. The molecule has 0 saturated carbocycles. The van der Waals surface area contributed by atoms with Gasteiger partial charge < -0.3 is 15.0 Å². The summed E-state index contributed by atoms with van der Waals surface area (Å²) in [7, 11) is 1.76. The monoisotopic (exact) mass is 198 g/mol. The number of likely N-dealkylation sites (N-methyl/N-ethyl adjacent to an activating group) is 1. The van der Waals surface area contributed by atoms with Gasteiger partial charge in [-0.15, -0.1) is 0 Å². The molecule has 1 fully saturated rings. The molecule has 0 aromatic carbocycles. The maximum atomic E-state index is 11.6. The first-order valence-corrected chi connectivity index (χ1v) is 4.83. The molecule has 2 amide bonds. The van der Waals surface area contributed by atoms with Crippen LogP contribution in [0.15, 0.2) is 12.2 Å². The van der Waals surface area contributed by atoms with Crippen LogP contribution in [-0.2, 0) is 4.74 Å². The number of hydrogen-bond acceptors (Lipinski definition) is 2. The minimum Gasteiger partial charge on any atom is -0.379 e. The molecule has 0 spiro atoms. The largest absolute Gasteiger partial charge is 0.379 e. The fourth-order valence-corrected chi connectivity index (χ4v) is 1.41. The van der Waals surface area contributed by atoms with Crippen molar-refractivity contribution in [1.82, 2.24) is 10.2 Å². The lowest BCUT2D eigenvalue weighted by Gasteiger charge is -2.20. The predicted molar refractivity (Wildman–Crippen MR) is 55.2 cm³/mol. The van der Waals surface area contributed by atoms with Crippen LogP contribution in [0.1, 0.15) is 13.3 Å². The topological polar surface area (TPSA) is 41.6 Å². The van der Waals surface area contributed by atoms with Crippen molar-refractivity contribution >= 4 is 6.03 Å². The minimum absolute atomic E-state index is 0.0523. The molecular weight excluding hydrogens is 180 g/mol. The fraction of sp³-hybridized carbons (Fsp3) is 0.700. The number of urea groups is 1. The molecule has 1 N–H and O–H groups in total. The molecule has 1 aliphatic heterocycles. The first kappa shape index (κ1) is 11.0. The Morgan fingerprint density at radius 1 is 1.71 bits per heavy atom. The summed E-state index contributed by atoms with van der Waals surface area (Å²) in [6.07, 6.45) is 0.909. The highest BCUT2D eigenvalue weighted by molar-refractivity contribution is 5.74. The van der Waals surface area contributed by atoms with Crippen LogP contribution in [0.25, 0.3) is 0 Å². The van der Waals surface area contributed by atoms with Crippen molar-refractivity contribution in [3.63, 3.8) is 0 Å². The van der Waals surface area contributed by atoms with Crippen LogP contribution < -0.4 is 5.32 Å². The molecule has 0 radical (unpaired) electrons. The molecule has 1 rings (SSSR count). The highest BCUT2D eigenvalue weighted by Gasteiger charge is 2.19. The molecule has 1 heterocycles. The number of ether oxygens (including phenoxy) is 1. The number of carbonyl (C=O) groups is 1. The van der Waals surface area contributed by atoms with Gasteiger partial charge in [-0.2, -0.15) is 0 Å². The van der Waals surface area contributed by atoms with E-state index in [2.05, 4.69) is 11.9 Å². The summed E-state index contributed by atoms with van der Waals surface area (Å²) >= 11 is 0. The summed E-state index contributed by atoms with van der Waals surface area (Å²) in [6.45, 7) is 7.64. The summed E-state index contributed by atoms with van der Waals surface area (Å²) in [5.41, 5.74) is 0.977. The number of nitrogens with zero attached hydrogens (tertiary/aromatic N) is 1. The van der Waals surface area contributed by atoms with Crippen LogP contribution in [0.5, 0.6) is 0 Å². The van der Waals surface area contributed by atoms with Crippen LogP contribution >= 0.6 is 0 Å². The zero-order valence-corrected chi connectivity index (χ0v) is 8.88. The van der Waals surface area contributed by atoms with E-state index in [1.165, 1.54) is 0 Å². The lowest BCUT2D eigenvalue weighted by atomic mass is 10.3. The fourth-order valence-electron chi connectivity index (χ4n) is 1.41. The lowest BCUT2D eigenvalue weighted by molar-refractivity contribution is 0.183. The van der Waals surface area contributed by atoms with E-state index in [1.54, 1.807) is 11.9 Å². The van der Waals surface area contributed by atoms with E-state index in [9.17, 15) is 4.79 Å². The quantitative estimate of drug-likeness (QED) is 0.687. The van der Waals surface area contributed by atoms with Crippen molar-refractivity contribution < 1.29 is 9.53 Å². The number of amides is 2. The second-order valence-electron chi connectivity index (χ2n) is 3.82. The first-order chi connectivity index (χ1) is 6.59. The van der Waals surface area contributed by atoms with Crippen molar-refractivity contribution in [3.8, 4) is 0 Å². The Morgan fingerprint density at radius 2 is 2.43 bits per heavy atom. The number of rotatable bonds is 3. The summed E-state index contributed by atoms with van der Waals surface area (Å²) in [5.74, 6) is 0. The van der Waals surface area contributed by atoms with Gasteiger partial charge in [-0.25, -0.2) is 4.79 Å². The maximum Gasteiger partial charge on any atom is 0.317 e. The molecule has 0 aromatic rings. The molecule has 14 heavy (non-hydrogen) atoms. The zero-order valence-electron chi connectivity index (χ0n) is 8.88. The maximum absolute atomic E-state index is 11.6. The number of nitrogens with one attached hydrogen (secondary N) is 1. The van der Waals surface area contributed by atoms with Gasteiger partial charge in [-0.3, -0.25) is 0 Å². The standard InChI is InChI=1S/C10H18N2O2/c1-8(2)6-12(3)10(13)11-9-4-5-14-7-9/h9H,1,4-7H2,2-3H3,(H,11,13).